The summed E-state index contributed by atoms with van der Waals surface area (Å²) in [6, 6.07) is 4.98. The Morgan fingerprint density at radius 1 is 1.13 bits per heavy atom. The summed E-state index contributed by atoms with van der Waals surface area (Å²) in [4.78, 5) is 14.5. The molecule has 2 aromatic carbocycles. The minimum absolute atomic E-state index is 0.0565. The molecule has 0 spiro atoms. The van der Waals surface area contributed by atoms with Gasteiger partial charge in [-0.1, -0.05) is 0 Å². The topological polar surface area (TPSA) is 103 Å². The van der Waals surface area contributed by atoms with Gasteiger partial charge in [-0.2, -0.15) is 9.57 Å². The van der Waals surface area contributed by atoms with Gasteiger partial charge in [-0.25, -0.2) is 21.6 Å². The molecule has 0 aliphatic carbocycles. The zero-order valence-corrected chi connectivity index (χ0v) is 16.8. The van der Waals surface area contributed by atoms with Crippen LogP contribution in [0.3, 0.4) is 0 Å². The maximum atomic E-state index is 14.0. The van der Waals surface area contributed by atoms with E-state index in [0.29, 0.717) is 0 Å². The smallest absolute Gasteiger partial charge is 0.256 e. The molecule has 3 aromatic rings. The number of sulfonamides is 1. The second kappa shape index (κ2) is 7.49. The van der Waals surface area contributed by atoms with E-state index in [4.69, 9.17) is 10.00 Å². The Morgan fingerprint density at radius 3 is 2.48 bits per heavy atom. The molecule has 0 saturated carbocycles. The van der Waals surface area contributed by atoms with E-state index in [-0.39, 0.29) is 40.1 Å². The SMILES string of the molecule is CN(C1COCc2[nH]c(=O)c3cc(F)c(F)cc3c21)S(=O)(=O)c1ccc(F)c(C#N)c1. The van der Waals surface area contributed by atoms with Crippen LogP contribution in [0.15, 0.2) is 40.0 Å². The lowest BCUT2D eigenvalue weighted by atomic mass is 9.96. The molecule has 31 heavy (non-hydrogen) atoms. The highest BCUT2D eigenvalue weighted by Crippen LogP contribution is 2.36. The Labute approximate surface area is 174 Å². The van der Waals surface area contributed by atoms with Crippen molar-refractivity contribution >= 4 is 20.8 Å². The number of aromatic amines is 1. The second-order valence-electron chi connectivity index (χ2n) is 6.96. The van der Waals surface area contributed by atoms with E-state index in [0.717, 1.165) is 34.6 Å². The largest absolute Gasteiger partial charge is 0.373 e. The van der Waals surface area contributed by atoms with Crippen LogP contribution in [0.1, 0.15) is 22.9 Å². The third-order valence-corrected chi connectivity index (χ3v) is 7.08. The van der Waals surface area contributed by atoms with E-state index in [2.05, 4.69) is 4.98 Å². The van der Waals surface area contributed by atoms with Crippen molar-refractivity contribution in [3.05, 3.63) is 75.0 Å². The van der Waals surface area contributed by atoms with Crippen molar-refractivity contribution in [2.75, 3.05) is 13.7 Å². The number of ether oxygens (including phenoxy) is 1. The van der Waals surface area contributed by atoms with E-state index < -0.39 is 44.6 Å². The van der Waals surface area contributed by atoms with Crippen LogP contribution in [0.5, 0.6) is 0 Å². The van der Waals surface area contributed by atoms with Crippen molar-refractivity contribution in [2.24, 2.45) is 0 Å². The lowest BCUT2D eigenvalue weighted by Crippen LogP contribution is -2.37. The molecular weight excluding hydrogens is 435 g/mol. The minimum atomic E-state index is -4.25. The van der Waals surface area contributed by atoms with Crippen LogP contribution in [0.2, 0.25) is 0 Å². The number of H-pyrrole nitrogens is 1. The fraction of sp³-hybridized carbons (Fsp3) is 0.200. The highest BCUT2D eigenvalue weighted by atomic mass is 32.2. The van der Waals surface area contributed by atoms with Crippen LogP contribution >= 0.6 is 0 Å². The van der Waals surface area contributed by atoms with Gasteiger partial charge in [0.05, 0.1) is 35.1 Å². The number of aromatic nitrogens is 1. The van der Waals surface area contributed by atoms with Gasteiger partial charge in [0.15, 0.2) is 11.6 Å². The number of likely N-dealkylation sites (N-methyl/N-ethyl adjacent to an activating group) is 1. The lowest BCUT2D eigenvalue weighted by molar-refractivity contribution is 0.0626. The first-order valence-corrected chi connectivity index (χ1v) is 10.4. The van der Waals surface area contributed by atoms with Gasteiger partial charge < -0.3 is 9.72 Å². The average Bonchev–Trinajstić information content (AvgIpc) is 2.74. The fourth-order valence-electron chi connectivity index (χ4n) is 3.61. The van der Waals surface area contributed by atoms with Gasteiger partial charge in [0.25, 0.3) is 5.56 Å². The summed E-state index contributed by atoms with van der Waals surface area (Å²) in [5.74, 6) is -3.26. The number of pyridine rings is 1. The van der Waals surface area contributed by atoms with Gasteiger partial charge in [-0.15, -0.1) is 0 Å². The van der Waals surface area contributed by atoms with Gasteiger partial charge in [0.1, 0.15) is 11.9 Å². The van der Waals surface area contributed by atoms with Crippen molar-refractivity contribution in [1.29, 1.82) is 5.26 Å². The third kappa shape index (κ3) is 3.38. The molecule has 0 saturated heterocycles. The third-order valence-electron chi connectivity index (χ3n) is 5.21. The van der Waals surface area contributed by atoms with Gasteiger partial charge in [-0.3, -0.25) is 4.79 Å². The Morgan fingerprint density at radius 2 is 1.81 bits per heavy atom. The Hall–Kier alpha value is -3.20. The van der Waals surface area contributed by atoms with Crippen LogP contribution in [0.25, 0.3) is 10.8 Å². The normalized spacial score (nSPS) is 16.3. The van der Waals surface area contributed by atoms with E-state index in [1.165, 1.54) is 7.05 Å². The monoisotopic (exact) mass is 449 g/mol. The second-order valence-corrected chi connectivity index (χ2v) is 8.96. The van der Waals surface area contributed by atoms with Crippen molar-refractivity contribution in [2.45, 2.75) is 17.5 Å². The number of halogens is 3. The number of nitrogens with one attached hydrogen (secondary N) is 1. The number of fused-ring (bicyclic) bond motifs is 3. The first kappa shape index (κ1) is 21.0. The molecule has 0 bridgehead atoms. The molecule has 11 heteroatoms. The van der Waals surface area contributed by atoms with Crippen LogP contribution in [0.4, 0.5) is 13.2 Å². The lowest BCUT2D eigenvalue weighted by Gasteiger charge is -2.33. The van der Waals surface area contributed by atoms with Gasteiger partial charge in [0.2, 0.25) is 10.0 Å². The molecule has 1 aromatic heterocycles. The predicted octanol–water partition coefficient (Wildman–Crippen LogP) is 2.71. The number of hydrogen-bond donors (Lipinski definition) is 1. The first-order chi connectivity index (χ1) is 14.6. The van der Waals surface area contributed by atoms with Crippen LogP contribution in [0, 0.1) is 28.8 Å². The maximum Gasteiger partial charge on any atom is 0.256 e. The van der Waals surface area contributed by atoms with Crippen molar-refractivity contribution in [3.8, 4) is 6.07 Å². The predicted molar refractivity (Wildman–Crippen MR) is 103 cm³/mol. The zero-order valence-electron chi connectivity index (χ0n) is 15.9. The van der Waals surface area contributed by atoms with Crippen LogP contribution in [-0.4, -0.2) is 31.4 Å². The molecule has 1 unspecified atom stereocenters. The van der Waals surface area contributed by atoms with Gasteiger partial charge >= 0.3 is 0 Å². The Kier molecular flexibility index (Phi) is 5.09. The summed E-state index contributed by atoms with van der Waals surface area (Å²) in [5.41, 5.74) is -0.603. The molecule has 1 N–H and O–H groups in total. The summed E-state index contributed by atoms with van der Waals surface area (Å²) < 4.78 is 74.1. The maximum absolute atomic E-state index is 14.0. The summed E-state index contributed by atoms with van der Waals surface area (Å²) >= 11 is 0. The molecular formula is C20H14F3N3O4S. The molecule has 0 radical (unpaired) electrons. The summed E-state index contributed by atoms with van der Waals surface area (Å²) in [7, 11) is -3.01. The molecule has 1 aliphatic heterocycles. The summed E-state index contributed by atoms with van der Waals surface area (Å²) in [6.07, 6.45) is 0. The molecule has 4 rings (SSSR count). The van der Waals surface area contributed by atoms with Gasteiger partial charge in [0, 0.05) is 18.3 Å². The quantitative estimate of drug-likeness (QED) is 0.662. The van der Waals surface area contributed by atoms with E-state index >= 15 is 0 Å². The first-order valence-electron chi connectivity index (χ1n) is 8.94. The van der Waals surface area contributed by atoms with Crippen LogP contribution < -0.4 is 5.56 Å². The van der Waals surface area contributed by atoms with Crippen molar-refractivity contribution < 1.29 is 26.3 Å². The van der Waals surface area contributed by atoms with Crippen molar-refractivity contribution in [1.82, 2.24) is 9.29 Å². The molecule has 1 atom stereocenters. The summed E-state index contributed by atoms with van der Waals surface area (Å²) in [5, 5.41) is 8.93. The number of hydrogen-bond acceptors (Lipinski definition) is 5. The number of nitriles is 1. The molecule has 7 nitrogen and oxygen atoms in total. The molecule has 1 aliphatic rings. The molecule has 2 heterocycles. The zero-order chi connectivity index (χ0) is 22.5. The molecule has 0 fully saturated rings. The van der Waals surface area contributed by atoms with Crippen molar-refractivity contribution in [3.63, 3.8) is 0 Å². The van der Waals surface area contributed by atoms with E-state index in [1.54, 1.807) is 6.07 Å². The Bertz CT molecular complexity index is 1430. The number of nitrogens with zero attached hydrogens (tertiary/aromatic N) is 2. The minimum Gasteiger partial charge on any atom is -0.373 e. The van der Waals surface area contributed by atoms with E-state index in [9.17, 15) is 26.4 Å². The Balaban J connectivity index is 1.90. The van der Waals surface area contributed by atoms with E-state index in [1.807, 2.05) is 0 Å². The number of benzene rings is 2. The molecule has 160 valence electrons. The average molecular weight is 449 g/mol. The highest BCUT2D eigenvalue weighted by molar-refractivity contribution is 7.89. The fourth-order valence-corrected chi connectivity index (χ4v) is 4.95. The van der Waals surface area contributed by atoms with Gasteiger partial charge in [-0.05, 0) is 35.7 Å². The summed E-state index contributed by atoms with van der Waals surface area (Å²) in [6.45, 7) is -0.186. The molecule has 0 amide bonds. The standard InChI is InChI=1S/C20H14F3N3O4S/c1-26(31(28,29)11-2-3-14(21)10(4-11)7-24)18-9-30-8-17-19(18)12-5-15(22)16(23)6-13(12)20(27)25-17/h2-6,18H,8-9H2,1H3,(H,25,27). The number of rotatable bonds is 3. The van der Waals surface area contributed by atoms with Crippen LogP contribution in [-0.2, 0) is 21.4 Å². The highest BCUT2D eigenvalue weighted by Gasteiger charge is 2.35.